The van der Waals surface area contributed by atoms with Crippen LogP contribution in [0.4, 0.5) is 0 Å². The molecular weight excluding hydrogens is 324 g/mol. The van der Waals surface area contributed by atoms with Gasteiger partial charge in [0.25, 0.3) is 5.91 Å². The molecule has 1 aliphatic heterocycles. The summed E-state index contributed by atoms with van der Waals surface area (Å²) in [6, 6.07) is 3.40. The lowest BCUT2D eigenvalue weighted by atomic mass is 9.83. The highest BCUT2D eigenvalue weighted by Gasteiger charge is 2.45. The van der Waals surface area contributed by atoms with Crippen LogP contribution in [0.2, 0.25) is 0 Å². The van der Waals surface area contributed by atoms with Gasteiger partial charge in [-0.05, 0) is 40.9 Å². The van der Waals surface area contributed by atoms with Gasteiger partial charge in [-0.2, -0.15) is 0 Å². The van der Waals surface area contributed by atoms with Crippen molar-refractivity contribution >= 4 is 27.8 Å². The van der Waals surface area contributed by atoms with Crippen molar-refractivity contribution in [3.05, 3.63) is 28.5 Å². The number of pyridine rings is 1. The molecule has 1 aromatic heterocycles. The van der Waals surface area contributed by atoms with E-state index in [1.54, 1.807) is 23.2 Å². The molecule has 1 fully saturated rings. The van der Waals surface area contributed by atoms with E-state index < -0.39 is 11.4 Å². The number of carboxylic acids is 1. The normalized spacial score (nSPS) is 22.0. The minimum Gasteiger partial charge on any atom is -0.481 e. The van der Waals surface area contributed by atoms with Crippen LogP contribution in [0.3, 0.4) is 0 Å². The van der Waals surface area contributed by atoms with E-state index in [0.717, 1.165) is 10.9 Å². The average molecular weight is 341 g/mol. The van der Waals surface area contributed by atoms with E-state index in [-0.39, 0.29) is 12.5 Å². The van der Waals surface area contributed by atoms with E-state index >= 15 is 0 Å². The molecule has 6 heteroatoms. The number of rotatable bonds is 4. The Kier molecular flexibility index (Phi) is 4.42. The summed E-state index contributed by atoms with van der Waals surface area (Å²) in [4.78, 5) is 29.5. The number of halogens is 1. The van der Waals surface area contributed by atoms with Crippen molar-refractivity contribution < 1.29 is 14.7 Å². The van der Waals surface area contributed by atoms with Gasteiger partial charge in [-0.1, -0.05) is 13.3 Å². The monoisotopic (exact) mass is 340 g/mol. The number of likely N-dealkylation sites (tertiary alicyclic amines) is 1. The minimum atomic E-state index is -0.807. The maximum Gasteiger partial charge on any atom is 0.311 e. The van der Waals surface area contributed by atoms with Gasteiger partial charge in [0.1, 0.15) is 5.69 Å². The predicted molar refractivity (Wildman–Crippen MR) is 77.4 cm³/mol. The summed E-state index contributed by atoms with van der Waals surface area (Å²) < 4.78 is 0.807. The third kappa shape index (κ3) is 2.85. The van der Waals surface area contributed by atoms with Gasteiger partial charge in [0, 0.05) is 23.8 Å². The molecule has 2 rings (SSSR count). The number of amides is 1. The molecule has 1 atom stereocenters. The summed E-state index contributed by atoms with van der Waals surface area (Å²) in [5.41, 5.74) is -0.439. The first-order valence-electron chi connectivity index (χ1n) is 6.63. The van der Waals surface area contributed by atoms with Crippen LogP contribution < -0.4 is 0 Å². The largest absolute Gasteiger partial charge is 0.481 e. The highest BCUT2D eigenvalue weighted by Crippen LogP contribution is 2.36. The lowest BCUT2D eigenvalue weighted by Crippen LogP contribution is -2.37. The second kappa shape index (κ2) is 5.91. The number of aliphatic carboxylic acids is 1. The van der Waals surface area contributed by atoms with E-state index in [4.69, 9.17) is 0 Å². The Bertz CT molecular complexity index is 518. The topological polar surface area (TPSA) is 70.5 Å². The minimum absolute atomic E-state index is 0.197. The lowest BCUT2D eigenvalue weighted by molar-refractivity contribution is -0.148. The fraction of sp³-hybridized carbons (Fsp3) is 0.500. The van der Waals surface area contributed by atoms with E-state index in [2.05, 4.69) is 20.9 Å². The van der Waals surface area contributed by atoms with Gasteiger partial charge >= 0.3 is 5.97 Å². The summed E-state index contributed by atoms with van der Waals surface area (Å²) >= 11 is 3.27. The smallest absolute Gasteiger partial charge is 0.311 e. The molecule has 1 saturated heterocycles. The summed E-state index contributed by atoms with van der Waals surface area (Å²) in [6.07, 6.45) is 3.48. The van der Waals surface area contributed by atoms with Gasteiger partial charge in [-0.25, -0.2) is 4.98 Å². The van der Waals surface area contributed by atoms with Crippen LogP contribution in [0.5, 0.6) is 0 Å². The fourth-order valence-electron chi connectivity index (χ4n) is 2.67. The van der Waals surface area contributed by atoms with Gasteiger partial charge in [0.2, 0.25) is 0 Å². The first-order valence-corrected chi connectivity index (χ1v) is 7.42. The van der Waals surface area contributed by atoms with E-state index in [1.807, 2.05) is 6.92 Å². The SMILES string of the molecule is CCCC1(C(=O)O)CCN(C(=O)c2ccc(Br)cn2)C1. The molecule has 20 heavy (non-hydrogen) atoms. The maximum absolute atomic E-state index is 12.3. The Labute approximate surface area is 126 Å². The van der Waals surface area contributed by atoms with Crippen molar-refractivity contribution in [2.75, 3.05) is 13.1 Å². The van der Waals surface area contributed by atoms with Crippen molar-refractivity contribution in [2.24, 2.45) is 5.41 Å². The molecule has 0 spiro atoms. The standard InChI is InChI=1S/C14H17BrN2O3/c1-2-5-14(13(19)20)6-7-17(9-14)12(18)11-4-3-10(15)8-16-11/h3-4,8H,2,5-7,9H2,1H3,(H,19,20). The predicted octanol–water partition coefficient (Wildman–Crippen LogP) is 2.56. The molecule has 1 aromatic rings. The fourth-order valence-corrected chi connectivity index (χ4v) is 2.91. The van der Waals surface area contributed by atoms with Crippen molar-refractivity contribution in [3.8, 4) is 0 Å². The van der Waals surface area contributed by atoms with Crippen LogP contribution in [0, 0.1) is 5.41 Å². The summed E-state index contributed by atoms with van der Waals surface area (Å²) in [5, 5.41) is 9.44. The first-order chi connectivity index (χ1) is 9.48. The Morgan fingerprint density at radius 2 is 2.25 bits per heavy atom. The molecule has 1 amide bonds. The first kappa shape index (κ1) is 15.0. The highest BCUT2D eigenvalue weighted by molar-refractivity contribution is 9.10. The summed E-state index contributed by atoms with van der Waals surface area (Å²) in [7, 11) is 0. The zero-order valence-electron chi connectivity index (χ0n) is 11.3. The summed E-state index contributed by atoms with van der Waals surface area (Å²) in [6.45, 7) is 2.71. The highest BCUT2D eigenvalue weighted by atomic mass is 79.9. The van der Waals surface area contributed by atoms with Crippen LogP contribution in [-0.4, -0.2) is 40.0 Å². The molecule has 108 valence electrons. The van der Waals surface area contributed by atoms with E-state index in [1.165, 1.54) is 0 Å². The number of hydrogen-bond acceptors (Lipinski definition) is 3. The molecule has 0 aromatic carbocycles. The molecule has 0 aliphatic carbocycles. The van der Waals surface area contributed by atoms with Gasteiger partial charge in [0.15, 0.2) is 0 Å². The number of nitrogens with zero attached hydrogens (tertiary/aromatic N) is 2. The molecule has 0 bridgehead atoms. The zero-order chi connectivity index (χ0) is 14.8. The van der Waals surface area contributed by atoms with Gasteiger partial charge in [0.05, 0.1) is 5.41 Å². The van der Waals surface area contributed by atoms with Crippen molar-refractivity contribution in [1.82, 2.24) is 9.88 Å². The van der Waals surface area contributed by atoms with E-state index in [0.29, 0.717) is 25.1 Å². The van der Waals surface area contributed by atoms with Crippen LogP contribution >= 0.6 is 15.9 Å². The van der Waals surface area contributed by atoms with Crippen LogP contribution in [-0.2, 0) is 4.79 Å². The molecule has 0 radical (unpaired) electrons. The molecule has 1 unspecified atom stereocenters. The second-order valence-electron chi connectivity index (χ2n) is 5.17. The number of carboxylic acid groups (broad SMARTS) is 1. The average Bonchev–Trinajstić information content (AvgIpc) is 2.85. The van der Waals surface area contributed by atoms with Gasteiger partial charge < -0.3 is 10.0 Å². The maximum atomic E-state index is 12.3. The molecular formula is C14H17BrN2O3. The van der Waals surface area contributed by atoms with Crippen molar-refractivity contribution in [2.45, 2.75) is 26.2 Å². The Morgan fingerprint density at radius 3 is 2.80 bits per heavy atom. The van der Waals surface area contributed by atoms with Gasteiger partial charge in [-0.3, -0.25) is 9.59 Å². The van der Waals surface area contributed by atoms with Crippen LogP contribution in [0.15, 0.2) is 22.8 Å². The van der Waals surface area contributed by atoms with Crippen molar-refractivity contribution in [1.29, 1.82) is 0 Å². The number of carbonyl (C=O) groups is 2. The molecule has 5 nitrogen and oxygen atoms in total. The quantitative estimate of drug-likeness (QED) is 0.914. The summed E-state index contributed by atoms with van der Waals surface area (Å²) in [5.74, 6) is -1.00. The second-order valence-corrected chi connectivity index (χ2v) is 6.09. The third-order valence-corrected chi connectivity index (χ3v) is 4.24. The molecule has 0 saturated carbocycles. The number of aromatic nitrogens is 1. The molecule has 2 heterocycles. The number of hydrogen-bond donors (Lipinski definition) is 1. The molecule has 1 N–H and O–H groups in total. The zero-order valence-corrected chi connectivity index (χ0v) is 12.9. The Hall–Kier alpha value is -1.43. The van der Waals surface area contributed by atoms with Crippen LogP contribution in [0.25, 0.3) is 0 Å². The third-order valence-electron chi connectivity index (χ3n) is 3.77. The number of carbonyl (C=O) groups excluding carboxylic acids is 1. The van der Waals surface area contributed by atoms with E-state index in [9.17, 15) is 14.7 Å². The van der Waals surface area contributed by atoms with Crippen molar-refractivity contribution in [3.63, 3.8) is 0 Å². The lowest BCUT2D eigenvalue weighted by Gasteiger charge is -2.24. The Balaban J connectivity index is 2.14. The van der Waals surface area contributed by atoms with Crippen LogP contribution in [0.1, 0.15) is 36.7 Å². The van der Waals surface area contributed by atoms with Gasteiger partial charge in [-0.15, -0.1) is 0 Å². The Morgan fingerprint density at radius 1 is 1.50 bits per heavy atom. The molecule has 1 aliphatic rings.